The molecule has 0 fully saturated rings. The van der Waals surface area contributed by atoms with Crippen molar-refractivity contribution in [3.63, 3.8) is 0 Å². The summed E-state index contributed by atoms with van der Waals surface area (Å²) in [4.78, 5) is 29.0. The number of esters is 1. The largest absolute Gasteiger partial charge is 0.458 e. The summed E-state index contributed by atoms with van der Waals surface area (Å²) in [5.41, 5.74) is 0.210. The summed E-state index contributed by atoms with van der Waals surface area (Å²) in [5.74, 6) is -1.60. The average molecular weight is 483 g/mol. The first-order chi connectivity index (χ1) is 15.7. The lowest BCUT2D eigenvalue weighted by atomic mass is 10.1. The number of carbonyl (C=O) groups is 2. The van der Waals surface area contributed by atoms with Crippen molar-refractivity contribution in [1.82, 2.24) is 19.9 Å². The van der Waals surface area contributed by atoms with Gasteiger partial charge >= 0.3 is 12.1 Å². The highest BCUT2D eigenvalue weighted by atomic mass is 35.5. The molecule has 0 bridgehead atoms. The Balaban J connectivity index is 1.55. The van der Waals surface area contributed by atoms with E-state index in [9.17, 15) is 22.8 Å². The molecule has 172 valence electrons. The Morgan fingerprint density at radius 3 is 2.79 bits per heavy atom. The van der Waals surface area contributed by atoms with Crippen molar-refractivity contribution in [3.8, 4) is 0 Å². The van der Waals surface area contributed by atoms with Crippen molar-refractivity contribution in [2.75, 3.05) is 7.11 Å². The minimum Gasteiger partial charge on any atom is -0.458 e. The van der Waals surface area contributed by atoms with E-state index in [0.717, 1.165) is 13.2 Å². The van der Waals surface area contributed by atoms with Gasteiger partial charge in [0.2, 0.25) is 0 Å². The van der Waals surface area contributed by atoms with Gasteiger partial charge in [0, 0.05) is 29.9 Å². The molecule has 3 aromatic heterocycles. The molecule has 9 nitrogen and oxygen atoms in total. The van der Waals surface area contributed by atoms with Crippen LogP contribution in [-0.4, -0.2) is 46.1 Å². The van der Waals surface area contributed by atoms with Crippen LogP contribution < -0.4 is 5.32 Å². The van der Waals surface area contributed by atoms with Gasteiger partial charge in [-0.15, -0.1) is 0 Å². The van der Waals surface area contributed by atoms with Crippen molar-refractivity contribution in [3.05, 3.63) is 64.8 Å². The first-order valence-electron chi connectivity index (χ1n) is 9.26. The number of hydrogen-bond donors (Lipinski definition) is 1. The number of amides is 1. The highest BCUT2D eigenvalue weighted by molar-refractivity contribution is 6.32. The van der Waals surface area contributed by atoms with E-state index in [0.29, 0.717) is 11.0 Å². The van der Waals surface area contributed by atoms with Gasteiger partial charge in [-0.05, 0) is 24.3 Å². The van der Waals surface area contributed by atoms with Crippen LogP contribution >= 0.6 is 11.6 Å². The molecule has 4 rings (SSSR count). The molecule has 4 aromatic rings. The molecule has 0 aliphatic carbocycles. The van der Waals surface area contributed by atoms with E-state index in [4.69, 9.17) is 16.0 Å². The third-order valence-electron chi connectivity index (χ3n) is 4.49. The number of carbonyl (C=O) groups excluding carboxylic acids is 2. The molecule has 1 atom stereocenters. The SMILES string of the molecule is COC(OC(=O)c1cc(Cl)cc2cc(CNC(=O)c3cnn4cccnc34)oc12)C(F)(F)F. The molecule has 0 radical (unpaired) electrons. The van der Waals surface area contributed by atoms with E-state index in [-0.39, 0.29) is 34.0 Å². The van der Waals surface area contributed by atoms with Crippen LogP contribution in [0.3, 0.4) is 0 Å². The van der Waals surface area contributed by atoms with Gasteiger partial charge < -0.3 is 19.2 Å². The zero-order valence-electron chi connectivity index (χ0n) is 16.7. The van der Waals surface area contributed by atoms with Crippen molar-refractivity contribution in [2.45, 2.75) is 19.0 Å². The van der Waals surface area contributed by atoms with E-state index >= 15 is 0 Å². The number of alkyl halides is 3. The Morgan fingerprint density at radius 2 is 2.06 bits per heavy atom. The van der Waals surface area contributed by atoms with Crippen LogP contribution in [-0.2, 0) is 16.0 Å². The minimum atomic E-state index is -4.92. The molecule has 0 saturated heterocycles. The number of halogens is 4. The Bertz CT molecular complexity index is 1350. The van der Waals surface area contributed by atoms with Gasteiger partial charge in [-0.3, -0.25) is 4.79 Å². The summed E-state index contributed by atoms with van der Waals surface area (Å²) in [7, 11) is 0.756. The first kappa shape index (κ1) is 22.6. The smallest absolute Gasteiger partial charge is 0.452 e. The summed E-state index contributed by atoms with van der Waals surface area (Å²) in [6, 6.07) is 5.72. The van der Waals surface area contributed by atoms with E-state index in [1.165, 1.54) is 29.0 Å². The lowest BCUT2D eigenvalue weighted by Gasteiger charge is -2.18. The fourth-order valence-corrected chi connectivity index (χ4v) is 3.29. The standard InChI is InChI=1S/C20H14ClF3N4O5/c1-31-19(20(22,23)24)33-18(30)13-7-11(21)5-10-6-12(32-15(10)13)8-26-17(29)14-9-27-28-4-2-3-25-16(14)28/h2-7,9,19H,8H2,1H3,(H,26,29). The van der Waals surface area contributed by atoms with Gasteiger partial charge in [-0.2, -0.15) is 18.3 Å². The second-order valence-corrected chi connectivity index (χ2v) is 7.16. The summed E-state index contributed by atoms with van der Waals surface area (Å²) < 4.78 is 54.3. The number of nitrogens with one attached hydrogen (secondary N) is 1. The molecule has 0 saturated carbocycles. The predicted molar refractivity (Wildman–Crippen MR) is 108 cm³/mol. The molecule has 1 N–H and O–H groups in total. The lowest BCUT2D eigenvalue weighted by Crippen LogP contribution is -2.35. The lowest BCUT2D eigenvalue weighted by molar-refractivity contribution is -0.283. The van der Waals surface area contributed by atoms with Gasteiger partial charge in [-0.25, -0.2) is 14.3 Å². The Morgan fingerprint density at radius 1 is 1.27 bits per heavy atom. The number of hydrogen-bond acceptors (Lipinski definition) is 7. The fraction of sp³-hybridized carbons (Fsp3) is 0.200. The molecular formula is C20H14ClF3N4O5. The molecule has 1 amide bonds. The number of ether oxygens (including phenoxy) is 2. The number of aromatic nitrogens is 3. The maximum Gasteiger partial charge on any atom is 0.452 e. The van der Waals surface area contributed by atoms with E-state index in [1.807, 2.05) is 0 Å². The number of benzene rings is 1. The third kappa shape index (κ3) is 4.61. The first-order valence-corrected chi connectivity index (χ1v) is 9.64. The normalized spacial score (nSPS) is 12.8. The molecule has 3 heterocycles. The van der Waals surface area contributed by atoms with Crippen LogP contribution in [0.4, 0.5) is 13.2 Å². The van der Waals surface area contributed by atoms with Crippen LogP contribution in [0.1, 0.15) is 26.5 Å². The average Bonchev–Trinajstić information content (AvgIpc) is 3.38. The number of rotatable bonds is 6. The molecule has 33 heavy (non-hydrogen) atoms. The molecular weight excluding hydrogens is 469 g/mol. The van der Waals surface area contributed by atoms with Crippen LogP contribution in [0, 0.1) is 0 Å². The van der Waals surface area contributed by atoms with Gasteiger partial charge in [0.25, 0.3) is 12.2 Å². The van der Waals surface area contributed by atoms with Gasteiger partial charge in [0.05, 0.1) is 12.7 Å². The van der Waals surface area contributed by atoms with Crippen molar-refractivity contribution in [2.24, 2.45) is 0 Å². The number of furan rings is 1. The summed E-state index contributed by atoms with van der Waals surface area (Å²) in [6.45, 7) is -0.0902. The maximum absolute atomic E-state index is 12.9. The summed E-state index contributed by atoms with van der Waals surface area (Å²) in [5, 5.41) is 7.07. The fourth-order valence-electron chi connectivity index (χ4n) is 3.07. The third-order valence-corrected chi connectivity index (χ3v) is 4.71. The van der Waals surface area contributed by atoms with Gasteiger partial charge in [-0.1, -0.05) is 11.6 Å². The minimum absolute atomic E-state index is 0.0525. The second-order valence-electron chi connectivity index (χ2n) is 6.73. The summed E-state index contributed by atoms with van der Waals surface area (Å²) >= 11 is 6.00. The number of fused-ring (bicyclic) bond motifs is 2. The second kappa shape index (κ2) is 8.71. The molecule has 0 spiro atoms. The summed E-state index contributed by atoms with van der Waals surface area (Å²) in [6.07, 6.45) is -3.17. The van der Waals surface area contributed by atoms with Gasteiger partial charge in [0.1, 0.15) is 22.5 Å². The van der Waals surface area contributed by atoms with Crippen molar-refractivity contribution < 1.29 is 36.7 Å². The monoisotopic (exact) mass is 482 g/mol. The van der Waals surface area contributed by atoms with Crippen molar-refractivity contribution >= 4 is 40.1 Å². The number of nitrogens with zero attached hydrogens (tertiary/aromatic N) is 3. The highest BCUT2D eigenvalue weighted by Crippen LogP contribution is 2.30. The van der Waals surface area contributed by atoms with Crippen LogP contribution in [0.15, 0.2) is 47.3 Å². The van der Waals surface area contributed by atoms with Crippen LogP contribution in [0.5, 0.6) is 0 Å². The maximum atomic E-state index is 12.9. The zero-order valence-corrected chi connectivity index (χ0v) is 17.5. The molecule has 1 unspecified atom stereocenters. The van der Waals surface area contributed by atoms with E-state index < -0.39 is 24.3 Å². The van der Waals surface area contributed by atoms with Gasteiger partial charge in [0.15, 0.2) is 5.65 Å². The Labute approximate surface area is 188 Å². The topological polar surface area (TPSA) is 108 Å². The molecule has 1 aromatic carbocycles. The number of methoxy groups -OCH3 is 1. The zero-order chi connectivity index (χ0) is 23.8. The Hall–Kier alpha value is -3.64. The van der Waals surface area contributed by atoms with Crippen LogP contribution in [0.25, 0.3) is 16.6 Å². The van der Waals surface area contributed by atoms with Crippen molar-refractivity contribution in [1.29, 1.82) is 0 Å². The Kier molecular flexibility index (Phi) is 5.95. The van der Waals surface area contributed by atoms with E-state index in [2.05, 4.69) is 24.9 Å². The highest BCUT2D eigenvalue weighted by Gasteiger charge is 2.44. The molecule has 0 aliphatic rings. The van der Waals surface area contributed by atoms with Crippen LogP contribution in [0.2, 0.25) is 5.02 Å². The van der Waals surface area contributed by atoms with E-state index in [1.54, 1.807) is 12.3 Å². The molecule has 13 heteroatoms. The quantitative estimate of drug-likeness (QED) is 0.329. The molecule has 0 aliphatic heterocycles. The predicted octanol–water partition coefficient (Wildman–Crippen LogP) is 3.75.